The fraction of sp³-hybridized carbons (Fsp3) is 0.355. The lowest BCUT2D eigenvalue weighted by molar-refractivity contribution is -0.149. The van der Waals surface area contributed by atoms with Crippen molar-refractivity contribution in [2.24, 2.45) is 0 Å². The maximum Gasteiger partial charge on any atom is 0.268 e. The summed E-state index contributed by atoms with van der Waals surface area (Å²) in [5.41, 5.74) is 1.33. The number of aromatic hydroxyl groups is 1. The fourth-order valence-corrected chi connectivity index (χ4v) is 5.30. The van der Waals surface area contributed by atoms with Gasteiger partial charge in [0.15, 0.2) is 11.5 Å². The molecule has 0 radical (unpaired) electrons. The summed E-state index contributed by atoms with van der Waals surface area (Å²) in [5.74, 6) is 1.09. The highest BCUT2D eigenvalue weighted by molar-refractivity contribution is 5.91. The van der Waals surface area contributed by atoms with Gasteiger partial charge in [0.2, 0.25) is 12.0 Å². The second-order valence-electron chi connectivity index (χ2n) is 9.98. The standard InChI is InChI=1S/C31H34N2O6/c1-37-25-12-6-5-9-22(25)19-33(31(36)28-20-38-26-13-7-8-14-27(26)39-28)29(21-15-17-24(34)18-16-21)30(35)32-23-10-3-2-4-11-23/h5-9,12-18,23,28-29,34H,2-4,10-11,19-20H2,1H3,(H,32,35)/t28-,29+/m0/s1. The topological polar surface area (TPSA) is 97.3 Å². The number of amides is 2. The summed E-state index contributed by atoms with van der Waals surface area (Å²) < 4.78 is 17.5. The first-order valence-electron chi connectivity index (χ1n) is 13.4. The van der Waals surface area contributed by atoms with Gasteiger partial charge in [-0.05, 0) is 48.7 Å². The molecule has 0 unspecified atom stereocenters. The molecule has 0 spiro atoms. The molecule has 1 saturated carbocycles. The summed E-state index contributed by atoms with van der Waals surface area (Å²) in [6.45, 7) is 0.124. The van der Waals surface area contributed by atoms with Gasteiger partial charge in [-0.25, -0.2) is 0 Å². The van der Waals surface area contributed by atoms with Crippen molar-refractivity contribution in [2.45, 2.75) is 56.8 Å². The Kier molecular flexibility index (Phi) is 8.20. The molecule has 1 aliphatic heterocycles. The number of ether oxygens (including phenoxy) is 3. The lowest BCUT2D eigenvalue weighted by Gasteiger charge is -2.36. The van der Waals surface area contributed by atoms with Crippen LogP contribution in [0.5, 0.6) is 23.0 Å². The Labute approximate surface area is 228 Å². The molecule has 2 N–H and O–H groups in total. The van der Waals surface area contributed by atoms with Crippen molar-refractivity contribution in [1.29, 1.82) is 0 Å². The number of phenols is 1. The molecule has 3 aromatic rings. The van der Waals surface area contributed by atoms with E-state index in [0.29, 0.717) is 22.8 Å². The molecule has 5 rings (SSSR count). The second-order valence-corrected chi connectivity index (χ2v) is 9.98. The van der Waals surface area contributed by atoms with Crippen molar-refractivity contribution in [3.8, 4) is 23.0 Å². The predicted molar refractivity (Wildman–Crippen MR) is 146 cm³/mol. The molecule has 0 saturated heterocycles. The number of hydrogen-bond acceptors (Lipinski definition) is 6. The molecule has 1 heterocycles. The lowest BCUT2D eigenvalue weighted by atomic mass is 9.94. The quantitative estimate of drug-likeness (QED) is 0.436. The third kappa shape index (κ3) is 6.11. The number of carbonyl (C=O) groups is 2. The van der Waals surface area contributed by atoms with Gasteiger partial charge in [0.05, 0.1) is 13.7 Å². The molecule has 8 heteroatoms. The Morgan fingerprint density at radius 1 is 0.974 bits per heavy atom. The van der Waals surface area contributed by atoms with E-state index in [1.807, 2.05) is 36.4 Å². The molecule has 2 aliphatic rings. The smallest absolute Gasteiger partial charge is 0.268 e. The van der Waals surface area contributed by atoms with E-state index in [-0.39, 0.29) is 36.8 Å². The van der Waals surface area contributed by atoms with Crippen LogP contribution in [0.3, 0.4) is 0 Å². The number of nitrogens with one attached hydrogen (secondary N) is 1. The minimum Gasteiger partial charge on any atom is -0.508 e. The SMILES string of the molecule is COc1ccccc1CN(C(=O)[C@@H]1COc2ccccc2O1)[C@@H](C(=O)NC1CCCCC1)c1ccc(O)cc1. The van der Waals surface area contributed by atoms with Crippen molar-refractivity contribution in [3.05, 3.63) is 83.9 Å². The van der Waals surface area contributed by atoms with E-state index in [1.165, 1.54) is 17.0 Å². The van der Waals surface area contributed by atoms with Crippen LogP contribution in [0.25, 0.3) is 0 Å². The maximum absolute atomic E-state index is 14.2. The van der Waals surface area contributed by atoms with Crippen LogP contribution in [0.2, 0.25) is 0 Å². The Balaban J connectivity index is 1.52. The number of hydrogen-bond donors (Lipinski definition) is 2. The number of methoxy groups -OCH3 is 1. The average Bonchev–Trinajstić information content (AvgIpc) is 2.98. The lowest BCUT2D eigenvalue weighted by Crippen LogP contribution is -2.52. The zero-order chi connectivity index (χ0) is 27.2. The number of benzene rings is 3. The van der Waals surface area contributed by atoms with E-state index < -0.39 is 12.1 Å². The van der Waals surface area contributed by atoms with Crippen LogP contribution in [0.4, 0.5) is 0 Å². The Morgan fingerprint density at radius 3 is 2.41 bits per heavy atom. The van der Waals surface area contributed by atoms with Crippen molar-refractivity contribution in [1.82, 2.24) is 10.2 Å². The Morgan fingerprint density at radius 2 is 1.67 bits per heavy atom. The van der Waals surface area contributed by atoms with Crippen LogP contribution >= 0.6 is 0 Å². The van der Waals surface area contributed by atoms with E-state index >= 15 is 0 Å². The molecular formula is C31H34N2O6. The van der Waals surface area contributed by atoms with Crippen LogP contribution in [0.1, 0.15) is 49.3 Å². The summed E-state index contributed by atoms with van der Waals surface area (Å²) in [5, 5.41) is 13.2. The molecule has 39 heavy (non-hydrogen) atoms. The third-order valence-electron chi connectivity index (χ3n) is 7.32. The molecule has 3 aromatic carbocycles. The largest absolute Gasteiger partial charge is 0.508 e. The van der Waals surface area contributed by atoms with Crippen molar-refractivity contribution in [3.63, 3.8) is 0 Å². The molecule has 1 aliphatic carbocycles. The summed E-state index contributed by atoms with van der Waals surface area (Å²) in [4.78, 5) is 29.8. The number of rotatable bonds is 8. The normalized spacial score (nSPS) is 17.6. The molecule has 0 bridgehead atoms. The first kappa shape index (κ1) is 26.4. The highest BCUT2D eigenvalue weighted by Gasteiger charge is 2.39. The zero-order valence-corrected chi connectivity index (χ0v) is 22.0. The van der Waals surface area contributed by atoms with Gasteiger partial charge in [-0.15, -0.1) is 0 Å². The van der Waals surface area contributed by atoms with Crippen LogP contribution in [0.15, 0.2) is 72.8 Å². The number of fused-ring (bicyclic) bond motifs is 1. The van der Waals surface area contributed by atoms with Crippen molar-refractivity contribution in [2.75, 3.05) is 13.7 Å². The molecule has 1 fully saturated rings. The molecule has 2 atom stereocenters. The second kappa shape index (κ2) is 12.1. The van der Waals surface area contributed by atoms with Crippen LogP contribution in [-0.2, 0) is 16.1 Å². The maximum atomic E-state index is 14.2. The van der Waals surface area contributed by atoms with E-state index in [4.69, 9.17) is 14.2 Å². The monoisotopic (exact) mass is 530 g/mol. The minimum absolute atomic E-state index is 0.0187. The number of nitrogens with zero attached hydrogens (tertiary/aromatic N) is 1. The van der Waals surface area contributed by atoms with Crippen molar-refractivity contribution < 1.29 is 28.9 Å². The summed E-state index contributed by atoms with van der Waals surface area (Å²) in [6, 6.07) is 20.1. The van der Waals surface area contributed by atoms with Gasteiger partial charge >= 0.3 is 0 Å². The first-order valence-corrected chi connectivity index (χ1v) is 13.4. The Hall–Kier alpha value is -4.20. The molecule has 0 aromatic heterocycles. The van der Waals surface area contributed by atoms with Gasteiger partial charge in [0.25, 0.3) is 5.91 Å². The molecular weight excluding hydrogens is 496 g/mol. The van der Waals surface area contributed by atoms with Gasteiger partial charge in [-0.3, -0.25) is 9.59 Å². The Bertz CT molecular complexity index is 1290. The van der Waals surface area contributed by atoms with Crippen LogP contribution in [-0.4, -0.2) is 47.7 Å². The number of para-hydroxylation sites is 3. The predicted octanol–water partition coefficient (Wildman–Crippen LogP) is 4.76. The van der Waals surface area contributed by atoms with Gasteiger partial charge in [-0.2, -0.15) is 0 Å². The van der Waals surface area contributed by atoms with Crippen LogP contribution < -0.4 is 19.5 Å². The fourth-order valence-electron chi connectivity index (χ4n) is 5.30. The summed E-state index contributed by atoms with van der Waals surface area (Å²) in [6.07, 6.45) is 4.15. The molecule has 2 amide bonds. The minimum atomic E-state index is -0.967. The summed E-state index contributed by atoms with van der Waals surface area (Å²) >= 11 is 0. The van der Waals surface area contributed by atoms with Gasteiger partial charge in [0, 0.05) is 11.6 Å². The molecule has 8 nitrogen and oxygen atoms in total. The highest BCUT2D eigenvalue weighted by atomic mass is 16.6. The summed E-state index contributed by atoms with van der Waals surface area (Å²) in [7, 11) is 1.58. The van der Waals surface area contributed by atoms with Crippen molar-refractivity contribution >= 4 is 11.8 Å². The van der Waals surface area contributed by atoms with Crippen LogP contribution in [0, 0.1) is 0 Å². The zero-order valence-electron chi connectivity index (χ0n) is 22.0. The third-order valence-corrected chi connectivity index (χ3v) is 7.32. The first-order chi connectivity index (χ1) is 19.0. The average molecular weight is 531 g/mol. The van der Waals surface area contributed by atoms with Gasteiger partial charge < -0.3 is 29.5 Å². The van der Waals surface area contributed by atoms with Gasteiger partial charge in [-0.1, -0.05) is 61.7 Å². The van der Waals surface area contributed by atoms with E-state index in [2.05, 4.69) is 5.32 Å². The van der Waals surface area contributed by atoms with E-state index in [1.54, 1.807) is 31.4 Å². The van der Waals surface area contributed by atoms with E-state index in [9.17, 15) is 14.7 Å². The van der Waals surface area contributed by atoms with Gasteiger partial charge in [0.1, 0.15) is 24.1 Å². The number of phenolic OH excluding ortho intramolecular Hbond substituents is 1. The van der Waals surface area contributed by atoms with E-state index in [0.717, 1.165) is 37.7 Å². The highest BCUT2D eigenvalue weighted by Crippen LogP contribution is 2.34. The number of carbonyl (C=O) groups excluding carboxylic acids is 2. The molecule has 204 valence electrons.